The van der Waals surface area contributed by atoms with Crippen LogP contribution in [0.15, 0.2) is 6.20 Å². The van der Waals surface area contributed by atoms with Crippen LogP contribution >= 0.6 is 0 Å². The van der Waals surface area contributed by atoms with Gasteiger partial charge in [0, 0.05) is 13.0 Å². The lowest BCUT2D eigenvalue weighted by atomic mass is 10.1. The van der Waals surface area contributed by atoms with Crippen LogP contribution in [0.1, 0.15) is 52.7 Å². The molecule has 1 aromatic rings. The number of carbonyl (C=O) groups excluding carboxylic acids is 2. The van der Waals surface area contributed by atoms with E-state index in [1.165, 1.54) is 0 Å². The number of ether oxygens (including phenoxy) is 1. The molecule has 1 aromatic heterocycles. The summed E-state index contributed by atoms with van der Waals surface area (Å²) in [4.78, 5) is 28.6. The molecule has 25 heavy (non-hydrogen) atoms. The summed E-state index contributed by atoms with van der Waals surface area (Å²) in [5.41, 5.74) is 1.46. The molecule has 2 amide bonds. The summed E-state index contributed by atoms with van der Waals surface area (Å²) < 4.78 is 7.47. The fraction of sp³-hybridized carbons (Fsp3) is 0.722. The molecule has 7 nitrogen and oxygen atoms in total. The maximum Gasteiger partial charge on any atom is 0.410 e. The lowest BCUT2D eigenvalue weighted by Crippen LogP contribution is -2.47. The Morgan fingerprint density at radius 1 is 1.36 bits per heavy atom. The Bertz CT molecular complexity index is 729. The summed E-state index contributed by atoms with van der Waals surface area (Å²) >= 11 is 0. The van der Waals surface area contributed by atoms with Crippen molar-refractivity contribution in [3.8, 4) is 0 Å². The van der Waals surface area contributed by atoms with Crippen molar-refractivity contribution in [2.75, 3.05) is 11.4 Å². The van der Waals surface area contributed by atoms with Crippen LogP contribution in [0.3, 0.4) is 0 Å². The quantitative estimate of drug-likeness (QED) is 0.784. The van der Waals surface area contributed by atoms with E-state index in [2.05, 4.69) is 5.10 Å². The summed E-state index contributed by atoms with van der Waals surface area (Å²) in [5, 5.41) is 4.47. The lowest BCUT2D eigenvalue weighted by molar-refractivity contribution is -0.117. The molecular weight excluding hydrogens is 320 g/mol. The average molecular weight is 346 g/mol. The molecule has 3 heterocycles. The number of hydrogen-bond donors (Lipinski definition) is 0. The van der Waals surface area contributed by atoms with Gasteiger partial charge < -0.3 is 9.64 Å². The Morgan fingerprint density at radius 2 is 2.08 bits per heavy atom. The van der Waals surface area contributed by atoms with Gasteiger partial charge in [-0.05, 0) is 46.0 Å². The minimum atomic E-state index is -0.527. The van der Waals surface area contributed by atoms with Gasteiger partial charge in [-0.15, -0.1) is 0 Å². The van der Waals surface area contributed by atoms with E-state index in [4.69, 9.17) is 4.74 Å². The van der Waals surface area contributed by atoms with Crippen molar-refractivity contribution in [1.29, 1.82) is 0 Å². The zero-order chi connectivity index (χ0) is 18.0. The molecule has 136 valence electrons. The average Bonchev–Trinajstić information content (AvgIpc) is 2.98. The van der Waals surface area contributed by atoms with Crippen molar-refractivity contribution in [3.05, 3.63) is 11.9 Å². The Kier molecular flexibility index (Phi) is 3.43. The first-order valence-electron chi connectivity index (χ1n) is 9.02. The standard InChI is InChI=1S/C18H26N4O3/c1-12-9-22-14(10-20(12)16(24)25-17(2,3)4)13(8-19-22)21-11-18(5-6-18)7-15(21)23/h8,12H,5-7,9-11H2,1-4H3/t12-/m0/s1. The predicted molar refractivity (Wildman–Crippen MR) is 92.1 cm³/mol. The van der Waals surface area contributed by atoms with E-state index in [1.807, 2.05) is 37.3 Å². The molecule has 0 N–H and O–H groups in total. The zero-order valence-corrected chi connectivity index (χ0v) is 15.4. The van der Waals surface area contributed by atoms with Crippen LogP contribution in [-0.2, 0) is 22.6 Å². The minimum Gasteiger partial charge on any atom is -0.444 e. The summed E-state index contributed by atoms with van der Waals surface area (Å²) in [6.45, 7) is 9.42. The normalized spacial score (nSPS) is 24.6. The van der Waals surface area contributed by atoms with E-state index in [0.717, 1.165) is 30.8 Å². The Morgan fingerprint density at radius 3 is 2.68 bits per heavy atom. The van der Waals surface area contributed by atoms with Crippen LogP contribution in [0, 0.1) is 5.41 Å². The lowest BCUT2D eigenvalue weighted by Gasteiger charge is -2.36. The van der Waals surface area contributed by atoms with Crippen LogP contribution in [0.4, 0.5) is 10.5 Å². The highest BCUT2D eigenvalue weighted by Crippen LogP contribution is 2.54. The van der Waals surface area contributed by atoms with Gasteiger partial charge in [0.15, 0.2) is 0 Å². The second kappa shape index (κ2) is 5.22. The molecule has 2 aliphatic heterocycles. The highest BCUT2D eigenvalue weighted by atomic mass is 16.6. The van der Waals surface area contributed by atoms with Crippen LogP contribution < -0.4 is 4.90 Å². The first-order valence-corrected chi connectivity index (χ1v) is 9.02. The molecule has 0 bridgehead atoms. The van der Waals surface area contributed by atoms with Gasteiger partial charge in [0.1, 0.15) is 5.60 Å². The second-order valence-electron chi connectivity index (χ2n) is 8.77. The number of aromatic nitrogens is 2. The van der Waals surface area contributed by atoms with Crippen molar-refractivity contribution in [2.24, 2.45) is 5.41 Å². The van der Waals surface area contributed by atoms with Crippen molar-refractivity contribution in [1.82, 2.24) is 14.7 Å². The largest absolute Gasteiger partial charge is 0.444 e. The molecule has 1 spiro atoms. The van der Waals surface area contributed by atoms with Crippen molar-refractivity contribution in [3.63, 3.8) is 0 Å². The van der Waals surface area contributed by atoms with Crippen LogP contribution in [0.25, 0.3) is 0 Å². The number of fused-ring (bicyclic) bond motifs is 1. The molecule has 0 unspecified atom stereocenters. The van der Waals surface area contributed by atoms with Crippen molar-refractivity contribution < 1.29 is 14.3 Å². The van der Waals surface area contributed by atoms with E-state index in [1.54, 1.807) is 11.1 Å². The molecule has 1 saturated heterocycles. The summed E-state index contributed by atoms with van der Waals surface area (Å²) in [5.74, 6) is 0.177. The van der Waals surface area contributed by atoms with E-state index >= 15 is 0 Å². The molecule has 1 aliphatic carbocycles. The summed E-state index contributed by atoms with van der Waals surface area (Å²) in [6, 6.07) is -0.000783. The van der Waals surface area contributed by atoms with Gasteiger partial charge in [-0.1, -0.05) is 0 Å². The maximum atomic E-state index is 12.6. The maximum absolute atomic E-state index is 12.6. The molecule has 0 radical (unpaired) electrons. The molecule has 1 atom stereocenters. The number of amides is 2. The molecule has 4 rings (SSSR count). The van der Waals surface area contributed by atoms with E-state index < -0.39 is 5.60 Å². The number of anilines is 1. The Hall–Kier alpha value is -2.05. The second-order valence-corrected chi connectivity index (χ2v) is 8.77. The number of hydrogen-bond acceptors (Lipinski definition) is 4. The molecule has 7 heteroatoms. The molecule has 2 fully saturated rings. The molecule has 0 aromatic carbocycles. The van der Waals surface area contributed by atoms with E-state index in [0.29, 0.717) is 19.5 Å². The first kappa shape index (κ1) is 16.4. The van der Waals surface area contributed by atoms with Gasteiger partial charge >= 0.3 is 6.09 Å². The predicted octanol–water partition coefficient (Wildman–Crippen LogP) is 2.54. The molecular formula is C18H26N4O3. The zero-order valence-electron chi connectivity index (χ0n) is 15.4. The van der Waals surface area contributed by atoms with Gasteiger partial charge in [0.2, 0.25) is 5.91 Å². The number of carbonyl (C=O) groups is 2. The monoisotopic (exact) mass is 346 g/mol. The van der Waals surface area contributed by atoms with Crippen LogP contribution in [0.5, 0.6) is 0 Å². The van der Waals surface area contributed by atoms with Crippen LogP contribution in [-0.4, -0.2) is 44.9 Å². The fourth-order valence-electron chi connectivity index (χ4n) is 3.80. The van der Waals surface area contributed by atoms with Gasteiger partial charge in [-0.3, -0.25) is 14.4 Å². The number of nitrogens with zero attached hydrogens (tertiary/aromatic N) is 4. The van der Waals surface area contributed by atoms with Gasteiger partial charge in [0.25, 0.3) is 0 Å². The third kappa shape index (κ3) is 2.89. The molecule has 3 aliphatic rings. The molecule has 1 saturated carbocycles. The number of rotatable bonds is 1. The third-order valence-corrected chi connectivity index (χ3v) is 5.41. The Labute approximate surface area is 147 Å². The van der Waals surface area contributed by atoms with Gasteiger partial charge in [0.05, 0.1) is 36.7 Å². The third-order valence-electron chi connectivity index (χ3n) is 5.41. The minimum absolute atomic E-state index is 0.000783. The topological polar surface area (TPSA) is 67.7 Å². The van der Waals surface area contributed by atoms with Gasteiger partial charge in [-0.2, -0.15) is 5.10 Å². The SMILES string of the molecule is C[C@H]1Cn2ncc(N3CC4(CC4)CC3=O)c2CN1C(=O)OC(C)(C)C. The first-order chi connectivity index (χ1) is 11.7. The van der Waals surface area contributed by atoms with Gasteiger partial charge in [-0.25, -0.2) is 4.79 Å². The summed E-state index contributed by atoms with van der Waals surface area (Å²) in [6.07, 6.45) is 4.38. The van der Waals surface area contributed by atoms with Crippen molar-refractivity contribution >= 4 is 17.7 Å². The van der Waals surface area contributed by atoms with E-state index in [-0.39, 0.29) is 23.5 Å². The fourth-order valence-corrected chi connectivity index (χ4v) is 3.80. The Balaban J connectivity index is 1.58. The van der Waals surface area contributed by atoms with E-state index in [9.17, 15) is 9.59 Å². The van der Waals surface area contributed by atoms with Crippen molar-refractivity contribution in [2.45, 2.75) is 71.7 Å². The highest BCUT2D eigenvalue weighted by Gasteiger charge is 2.52. The highest BCUT2D eigenvalue weighted by molar-refractivity contribution is 5.97. The van der Waals surface area contributed by atoms with Crippen LogP contribution in [0.2, 0.25) is 0 Å². The summed E-state index contributed by atoms with van der Waals surface area (Å²) in [7, 11) is 0. The smallest absolute Gasteiger partial charge is 0.410 e.